The van der Waals surface area contributed by atoms with Gasteiger partial charge in [-0.25, -0.2) is 9.37 Å². The van der Waals surface area contributed by atoms with Crippen molar-refractivity contribution in [2.24, 2.45) is 7.05 Å². The second-order valence-electron chi connectivity index (χ2n) is 2.99. The number of fused-ring (bicyclic) bond motifs is 1. The number of pyridine rings is 1. The molecule has 2 nitrogen and oxygen atoms in total. The fourth-order valence-electron chi connectivity index (χ4n) is 1.32. The maximum absolute atomic E-state index is 13.5. The zero-order valence-electron chi connectivity index (χ0n) is 7.31. The molecule has 0 N–H and O–H groups in total. The van der Waals surface area contributed by atoms with Crippen LogP contribution in [0.3, 0.4) is 0 Å². The summed E-state index contributed by atoms with van der Waals surface area (Å²) in [5.74, 6) is -0.384. The summed E-state index contributed by atoms with van der Waals surface area (Å²) in [7, 11) is 1.82. The molecule has 0 atom stereocenters. The molecule has 68 valence electrons. The Labute approximate surface area is 80.0 Å². The molecular weight excluding hydrogens is 191 g/mol. The monoisotopic (exact) mass is 198 g/mol. The molecule has 0 saturated heterocycles. The number of aryl methyl sites for hydroxylation is 2. The molecule has 0 unspecified atom stereocenters. The van der Waals surface area contributed by atoms with Crippen molar-refractivity contribution in [1.29, 1.82) is 0 Å². The second kappa shape index (κ2) is 2.70. The van der Waals surface area contributed by atoms with Gasteiger partial charge in [-0.1, -0.05) is 11.6 Å². The highest BCUT2D eigenvalue weighted by atomic mass is 35.5. The Morgan fingerprint density at radius 2 is 2.23 bits per heavy atom. The van der Waals surface area contributed by atoms with Crippen molar-refractivity contribution in [3.8, 4) is 0 Å². The van der Waals surface area contributed by atoms with Gasteiger partial charge in [0.15, 0.2) is 5.82 Å². The molecule has 0 aromatic carbocycles. The topological polar surface area (TPSA) is 17.8 Å². The third kappa shape index (κ3) is 1.11. The van der Waals surface area contributed by atoms with Gasteiger partial charge >= 0.3 is 0 Å². The Morgan fingerprint density at radius 3 is 2.92 bits per heavy atom. The van der Waals surface area contributed by atoms with Crippen LogP contribution in [0.2, 0.25) is 5.02 Å². The quantitative estimate of drug-likeness (QED) is 0.637. The minimum atomic E-state index is -0.384. The van der Waals surface area contributed by atoms with Crippen LogP contribution >= 0.6 is 11.6 Å². The largest absolute Gasteiger partial charge is 0.335 e. The van der Waals surface area contributed by atoms with Crippen LogP contribution < -0.4 is 0 Å². The van der Waals surface area contributed by atoms with Gasteiger partial charge in [-0.3, -0.25) is 0 Å². The van der Waals surface area contributed by atoms with Crippen LogP contribution in [-0.2, 0) is 7.05 Å². The van der Waals surface area contributed by atoms with E-state index in [-0.39, 0.29) is 10.8 Å². The van der Waals surface area contributed by atoms with Crippen LogP contribution in [0.15, 0.2) is 12.3 Å². The Morgan fingerprint density at radius 1 is 1.54 bits per heavy atom. The van der Waals surface area contributed by atoms with E-state index in [1.165, 1.54) is 0 Å². The van der Waals surface area contributed by atoms with Gasteiger partial charge in [-0.15, -0.1) is 0 Å². The zero-order chi connectivity index (χ0) is 9.59. The van der Waals surface area contributed by atoms with Crippen LogP contribution in [0.4, 0.5) is 4.39 Å². The maximum atomic E-state index is 13.5. The molecule has 2 aromatic heterocycles. The summed E-state index contributed by atoms with van der Waals surface area (Å²) in [5, 5.41) is 0.580. The highest BCUT2D eigenvalue weighted by molar-refractivity contribution is 6.32. The number of nitrogens with zero attached hydrogens (tertiary/aromatic N) is 2. The third-order valence-electron chi connectivity index (χ3n) is 2.06. The number of aromatic nitrogens is 2. The molecule has 0 amide bonds. The average molecular weight is 199 g/mol. The fraction of sp³-hybridized carbons (Fsp3) is 0.222. The predicted molar refractivity (Wildman–Crippen MR) is 50.4 cm³/mol. The van der Waals surface area contributed by atoms with Gasteiger partial charge in [0.2, 0.25) is 0 Å². The molecular formula is C9H8ClFN2. The Balaban J connectivity index is 2.96. The molecule has 0 spiro atoms. The molecule has 2 heterocycles. The van der Waals surface area contributed by atoms with Crippen molar-refractivity contribution in [1.82, 2.24) is 9.55 Å². The minimum absolute atomic E-state index is 0.110. The van der Waals surface area contributed by atoms with Gasteiger partial charge < -0.3 is 4.57 Å². The molecule has 0 radical (unpaired) electrons. The van der Waals surface area contributed by atoms with Gasteiger partial charge in [0.05, 0.1) is 16.1 Å². The molecule has 13 heavy (non-hydrogen) atoms. The summed E-state index contributed by atoms with van der Waals surface area (Å²) in [6.07, 6.45) is 1.76. The molecule has 2 rings (SSSR count). The van der Waals surface area contributed by atoms with Crippen molar-refractivity contribution in [2.75, 3.05) is 0 Å². The molecule has 0 saturated carbocycles. The maximum Gasteiger partial charge on any atom is 0.154 e. The van der Waals surface area contributed by atoms with E-state index in [0.717, 1.165) is 0 Å². The first-order valence-corrected chi connectivity index (χ1v) is 4.25. The van der Waals surface area contributed by atoms with E-state index in [4.69, 9.17) is 11.6 Å². The zero-order valence-corrected chi connectivity index (χ0v) is 8.06. The minimum Gasteiger partial charge on any atom is -0.335 e. The lowest BCUT2D eigenvalue weighted by atomic mass is 10.3. The lowest BCUT2D eigenvalue weighted by molar-refractivity contribution is 0.637. The van der Waals surface area contributed by atoms with E-state index < -0.39 is 0 Å². The lowest BCUT2D eigenvalue weighted by Crippen LogP contribution is -1.93. The van der Waals surface area contributed by atoms with Crippen molar-refractivity contribution in [3.63, 3.8) is 0 Å². The SMILES string of the molecule is Cc1nc2c(ccn2C)c(F)c1Cl. The van der Waals surface area contributed by atoms with E-state index in [0.29, 0.717) is 16.7 Å². The molecule has 0 bridgehead atoms. The van der Waals surface area contributed by atoms with Crippen LogP contribution in [-0.4, -0.2) is 9.55 Å². The first-order valence-electron chi connectivity index (χ1n) is 3.88. The molecule has 0 aliphatic heterocycles. The van der Waals surface area contributed by atoms with E-state index in [1.54, 1.807) is 23.8 Å². The van der Waals surface area contributed by atoms with Crippen molar-refractivity contribution in [3.05, 3.63) is 28.8 Å². The van der Waals surface area contributed by atoms with Gasteiger partial charge in [-0.2, -0.15) is 0 Å². The van der Waals surface area contributed by atoms with E-state index >= 15 is 0 Å². The summed E-state index contributed by atoms with van der Waals surface area (Å²) < 4.78 is 15.3. The van der Waals surface area contributed by atoms with Crippen LogP contribution in [0, 0.1) is 12.7 Å². The average Bonchev–Trinajstić information content (AvgIpc) is 2.45. The van der Waals surface area contributed by atoms with Crippen molar-refractivity contribution < 1.29 is 4.39 Å². The van der Waals surface area contributed by atoms with Gasteiger partial charge in [0.1, 0.15) is 5.65 Å². The standard InChI is InChI=1S/C9H8ClFN2/c1-5-7(10)8(11)6-3-4-13(2)9(6)12-5/h3-4H,1-2H3. The summed E-state index contributed by atoms with van der Waals surface area (Å²) in [5.41, 5.74) is 1.15. The van der Waals surface area contributed by atoms with Crippen molar-refractivity contribution >= 4 is 22.6 Å². The Hall–Kier alpha value is -1.09. The number of hydrogen-bond acceptors (Lipinski definition) is 1. The van der Waals surface area contributed by atoms with Gasteiger partial charge in [0.25, 0.3) is 0 Å². The van der Waals surface area contributed by atoms with Crippen LogP contribution in [0.5, 0.6) is 0 Å². The molecule has 4 heteroatoms. The summed E-state index contributed by atoms with van der Waals surface area (Å²) in [6, 6.07) is 1.67. The van der Waals surface area contributed by atoms with E-state index in [1.807, 2.05) is 7.05 Å². The molecule has 2 aromatic rings. The second-order valence-corrected chi connectivity index (χ2v) is 3.37. The van der Waals surface area contributed by atoms with Gasteiger partial charge in [0, 0.05) is 13.2 Å². The summed E-state index contributed by atoms with van der Waals surface area (Å²) in [6.45, 7) is 1.69. The van der Waals surface area contributed by atoms with Gasteiger partial charge in [-0.05, 0) is 13.0 Å². The number of hydrogen-bond donors (Lipinski definition) is 0. The third-order valence-corrected chi connectivity index (χ3v) is 2.50. The van der Waals surface area contributed by atoms with E-state index in [2.05, 4.69) is 4.98 Å². The first kappa shape index (κ1) is 8.51. The smallest absolute Gasteiger partial charge is 0.154 e. The fourth-order valence-corrected chi connectivity index (χ4v) is 1.46. The summed E-state index contributed by atoms with van der Waals surface area (Å²) in [4.78, 5) is 4.19. The predicted octanol–water partition coefficient (Wildman–Crippen LogP) is 2.67. The van der Waals surface area contributed by atoms with Crippen LogP contribution in [0.25, 0.3) is 11.0 Å². The van der Waals surface area contributed by atoms with E-state index in [9.17, 15) is 4.39 Å². The Kier molecular flexibility index (Phi) is 1.77. The molecule has 0 aliphatic rings. The van der Waals surface area contributed by atoms with Crippen LogP contribution in [0.1, 0.15) is 5.69 Å². The highest BCUT2D eigenvalue weighted by Gasteiger charge is 2.12. The molecule has 0 fully saturated rings. The highest BCUT2D eigenvalue weighted by Crippen LogP contribution is 2.25. The first-order chi connectivity index (χ1) is 6.11. The molecule has 0 aliphatic carbocycles. The number of rotatable bonds is 0. The van der Waals surface area contributed by atoms with Crippen molar-refractivity contribution in [2.45, 2.75) is 6.92 Å². The summed E-state index contributed by atoms with van der Waals surface area (Å²) >= 11 is 5.72. The Bertz CT molecular complexity index is 476. The number of halogens is 2. The normalized spacial score (nSPS) is 11.1. The lowest BCUT2D eigenvalue weighted by Gasteiger charge is -2.01.